The lowest BCUT2D eigenvalue weighted by molar-refractivity contribution is -0.145. The summed E-state index contributed by atoms with van der Waals surface area (Å²) in [5, 5.41) is 21.5. The summed E-state index contributed by atoms with van der Waals surface area (Å²) in [6.07, 6.45) is 6.48. The van der Waals surface area contributed by atoms with E-state index in [4.69, 9.17) is 25.8 Å². The third kappa shape index (κ3) is 6.59. The molecule has 0 radical (unpaired) electrons. The number of ether oxygens (including phenoxy) is 3. The number of alkyl carbamates (subject to hydrolysis) is 1. The predicted molar refractivity (Wildman–Crippen MR) is 187 cm³/mol. The number of carboxylic acids is 1. The highest BCUT2D eigenvalue weighted by Crippen LogP contribution is 2.52. The van der Waals surface area contributed by atoms with Crippen molar-refractivity contribution in [3.63, 3.8) is 0 Å². The molecule has 2 aromatic carbocycles. The van der Waals surface area contributed by atoms with Crippen molar-refractivity contribution in [2.24, 2.45) is 23.7 Å². The Bertz CT molecular complexity index is 1870. The van der Waals surface area contributed by atoms with Crippen LogP contribution in [0.25, 0.3) is 16.5 Å². The van der Waals surface area contributed by atoms with E-state index in [1.54, 1.807) is 49.1 Å². The normalized spacial score (nSPS) is 28.1. The first-order chi connectivity index (χ1) is 24.4. The summed E-state index contributed by atoms with van der Waals surface area (Å²) in [5.41, 5.74) is -0.842. The number of likely N-dealkylation sites (tertiary alicyclic amines) is 1. The van der Waals surface area contributed by atoms with Crippen LogP contribution in [0.4, 0.5) is 4.79 Å². The maximum atomic E-state index is 14.3. The van der Waals surface area contributed by atoms with Crippen molar-refractivity contribution in [3.8, 4) is 17.2 Å². The second kappa shape index (κ2) is 13.4. The fraction of sp³-hybridized carbons (Fsp3) is 0.486. The van der Waals surface area contributed by atoms with Crippen LogP contribution in [0, 0.1) is 23.7 Å². The highest BCUT2D eigenvalue weighted by molar-refractivity contribution is 6.37. The van der Waals surface area contributed by atoms with Gasteiger partial charge in [0.05, 0.1) is 24.4 Å². The van der Waals surface area contributed by atoms with Crippen molar-refractivity contribution < 1.29 is 38.5 Å². The summed E-state index contributed by atoms with van der Waals surface area (Å²) in [4.78, 5) is 55.0. The van der Waals surface area contributed by atoms with E-state index in [1.807, 2.05) is 12.1 Å². The Labute approximate surface area is 300 Å². The Morgan fingerprint density at radius 3 is 2.47 bits per heavy atom. The van der Waals surface area contributed by atoms with Gasteiger partial charge in [-0.15, -0.1) is 6.58 Å². The molecule has 0 spiro atoms. The third-order valence-electron chi connectivity index (χ3n) is 10.8. The van der Waals surface area contributed by atoms with Crippen LogP contribution in [0.2, 0.25) is 5.02 Å². The van der Waals surface area contributed by atoms with Gasteiger partial charge in [-0.1, -0.05) is 31.5 Å². The molecule has 4 fully saturated rings. The second-order valence-electron chi connectivity index (χ2n) is 14.5. The smallest absolute Gasteiger partial charge is 0.408 e. The molecule has 3 N–H and O–H groups in total. The molecule has 0 bridgehead atoms. The van der Waals surface area contributed by atoms with Crippen LogP contribution in [0.3, 0.4) is 0 Å². The van der Waals surface area contributed by atoms with Gasteiger partial charge >= 0.3 is 12.1 Å². The number of nitrogens with one attached hydrogen (secondary N) is 2. The van der Waals surface area contributed by atoms with Crippen LogP contribution < -0.4 is 20.1 Å². The zero-order valence-electron chi connectivity index (χ0n) is 28.7. The van der Waals surface area contributed by atoms with E-state index in [0.29, 0.717) is 44.8 Å². The number of carboxylic acid groups (broad SMARTS) is 1. The summed E-state index contributed by atoms with van der Waals surface area (Å²) in [6.45, 7) is 7.31. The number of aromatic nitrogens is 2. The number of fused-ring (bicyclic) bond motifs is 2. The van der Waals surface area contributed by atoms with Crippen LogP contribution >= 0.6 is 11.6 Å². The van der Waals surface area contributed by atoms with Gasteiger partial charge < -0.3 is 34.9 Å². The number of carbonyl (C=O) groups excluding carboxylic acids is 3. The molecule has 2 heterocycles. The average molecular weight is 720 g/mol. The van der Waals surface area contributed by atoms with Gasteiger partial charge in [0.2, 0.25) is 11.8 Å². The van der Waals surface area contributed by atoms with Gasteiger partial charge in [0, 0.05) is 41.6 Å². The highest BCUT2D eigenvalue weighted by Gasteiger charge is 2.61. The molecule has 1 aliphatic heterocycles. The lowest BCUT2D eigenvalue weighted by atomic mass is 10.0. The van der Waals surface area contributed by atoms with Gasteiger partial charge in [-0.2, -0.15) is 5.10 Å². The number of amides is 3. The molecule has 1 aromatic heterocycles. The van der Waals surface area contributed by atoms with E-state index >= 15 is 0 Å². The van der Waals surface area contributed by atoms with E-state index in [-0.39, 0.29) is 31.4 Å². The minimum atomic E-state index is -1.50. The monoisotopic (exact) mass is 719 g/mol. The molecular weight excluding hydrogens is 678 g/mol. The maximum absolute atomic E-state index is 14.3. The van der Waals surface area contributed by atoms with Gasteiger partial charge in [-0.05, 0) is 67.7 Å². The first-order valence-corrected chi connectivity index (χ1v) is 17.7. The molecule has 13 nitrogen and oxygen atoms in total. The maximum Gasteiger partial charge on any atom is 0.408 e. The quantitative estimate of drug-likeness (QED) is 0.225. The third-order valence-corrected chi connectivity index (χ3v) is 11.2. The van der Waals surface area contributed by atoms with Crippen molar-refractivity contribution >= 4 is 46.3 Å². The van der Waals surface area contributed by atoms with Crippen molar-refractivity contribution in [2.75, 3.05) is 13.7 Å². The van der Waals surface area contributed by atoms with Crippen LogP contribution in [-0.2, 0) is 19.1 Å². The standard InChI is InChI=1S/C37H42ClN5O8/c1-5-22-17-37(22,35(46)47)41-33(44)28-16-25(18-42(28)34(45)32(19(2)3)40-36(48)51-24-12-20-11-21(20)13-24)50-30-15-23(43-10-6-9-39-43)14-27-26(30)7-8-29(49-4)31(27)38/h5-10,14-15,19-22,24-25,28,32H,1,11-13,16-18H2,2-4H3,(H,40,48)(H,41,44)(H,46,47)/t20-,21+,22-,24+,25-,28+,32+,37-/m1/s1. The zero-order chi connectivity index (χ0) is 36.2. The summed E-state index contributed by atoms with van der Waals surface area (Å²) in [6, 6.07) is 6.91. The summed E-state index contributed by atoms with van der Waals surface area (Å²) >= 11 is 6.76. The number of benzene rings is 2. The fourth-order valence-electron chi connectivity index (χ4n) is 7.77. The first-order valence-electron chi connectivity index (χ1n) is 17.3. The molecule has 3 aromatic rings. The topological polar surface area (TPSA) is 161 Å². The Morgan fingerprint density at radius 2 is 1.84 bits per heavy atom. The van der Waals surface area contributed by atoms with E-state index in [0.717, 1.165) is 12.8 Å². The molecule has 51 heavy (non-hydrogen) atoms. The fourth-order valence-corrected chi connectivity index (χ4v) is 8.07. The Morgan fingerprint density at radius 1 is 1.08 bits per heavy atom. The molecule has 4 aliphatic rings. The summed E-state index contributed by atoms with van der Waals surface area (Å²) < 4.78 is 19.4. The summed E-state index contributed by atoms with van der Waals surface area (Å²) in [7, 11) is 1.53. The molecule has 3 aliphatic carbocycles. The number of hydrogen-bond donors (Lipinski definition) is 3. The average Bonchev–Trinajstić information content (AvgIpc) is 3.71. The summed E-state index contributed by atoms with van der Waals surface area (Å²) in [5.74, 6) is -0.951. The SMILES string of the molecule is C=C[C@@H]1C[C@]1(NC(=O)[C@@H]1C[C@@H](Oc2cc(-n3cccn3)cc3c(Cl)c(OC)ccc23)CN1C(=O)[C@@H](NC(=O)O[C@@H]1C[C@@H]2C[C@@H]2C1)C(C)C)C(=O)O. The Balaban J connectivity index is 1.18. The van der Waals surface area contributed by atoms with E-state index < -0.39 is 53.5 Å². The number of nitrogens with zero attached hydrogens (tertiary/aromatic N) is 3. The Hall–Kier alpha value is -4.78. The molecule has 14 heteroatoms. The molecular formula is C37H42ClN5O8. The molecule has 270 valence electrons. The highest BCUT2D eigenvalue weighted by atomic mass is 35.5. The largest absolute Gasteiger partial charge is 0.495 e. The predicted octanol–water partition coefficient (Wildman–Crippen LogP) is 4.73. The molecule has 3 saturated carbocycles. The lowest BCUT2D eigenvalue weighted by Gasteiger charge is -2.31. The first kappa shape index (κ1) is 34.7. The van der Waals surface area contributed by atoms with E-state index in [2.05, 4.69) is 22.3 Å². The zero-order valence-corrected chi connectivity index (χ0v) is 29.5. The van der Waals surface area contributed by atoms with Gasteiger partial charge in [0.15, 0.2) is 0 Å². The van der Waals surface area contributed by atoms with E-state index in [1.165, 1.54) is 24.5 Å². The minimum absolute atomic E-state index is 0.00874. The lowest BCUT2D eigenvalue weighted by Crippen LogP contribution is -2.57. The van der Waals surface area contributed by atoms with Crippen molar-refractivity contribution in [1.82, 2.24) is 25.3 Å². The number of carbonyl (C=O) groups is 4. The number of rotatable bonds is 12. The number of methoxy groups -OCH3 is 1. The molecule has 1 saturated heterocycles. The number of halogens is 1. The van der Waals surface area contributed by atoms with Gasteiger partial charge in [-0.25, -0.2) is 14.3 Å². The molecule has 7 rings (SSSR count). The van der Waals surface area contributed by atoms with Gasteiger partial charge in [0.1, 0.15) is 41.3 Å². The van der Waals surface area contributed by atoms with Crippen LogP contribution in [0.5, 0.6) is 11.5 Å². The minimum Gasteiger partial charge on any atom is -0.495 e. The van der Waals surface area contributed by atoms with Crippen LogP contribution in [-0.4, -0.2) is 87.1 Å². The molecule has 8 atom stereocenters. The van der Waals surface area contributed by atoms with Crippen molar-refractivity contribution in [3.05, 3.63) is 60.4 Å². The Kier molecular flexibility index (Phi) is 9.11. The molecule has 0 unspecified atom stereocenters. The van der Waals surface area contributed by atoms with E-state index in [9.17, 15) is 24.3 Å². The number of aliphatic carboxylic acids is 1. The number of hydrogen-bond acceptors (Lipinski definition) is 8. The second-order valence-corrected chi connectivity index (χ2v) is 14.9. The van der Waals surface area contributed by atoms with Crippen LogP contribution in [0.15, 0.2) is 55.4 Å². The molecule has 3 amide bonds. The van der Waals surface area contributed by atoms with Crippen molar-refractivity contribution in [2.45, 2.75) is 75.8 Å². The van der Waals surface area contributed by atoms with Crippen molar-refractivity contribution in [1.29, 1.82) is 0 Å². The van der Waals surface area contributed by atoms with Crippen LogP contribution in [0.1, 0.15) is 46.0 Å². The van der Waals surface area contributed by atoms with Gasteiger partial charge in [-0.3, -0.25) is 9.59 Å². The van der Waals surface area contributed by atoms with Gasteiger partial charge in [0.25, 0.3) is 0 Å².